The minimum absolute atomic E-state index is 0.199. The summed E-state index contributed by atoms with van der Waals surface area (Å²) >= 11 is 0. The lowest BCUT2D eigenvalue weighted by Gasteiger charge is -2.11. The van der Waals surface area contributed by atoms with Crippen LogP contribution in [0.4, 0.5) is 30.6 Å². The summed E-state index contributed by atoms with van der Waals surface area (Å²) in [5.41, 5.74) is 0.883. The molecule has 2 N–H and O–H groups in total. The summed E-state index contributed by atoms with van der Waals surface area (Å²) < 4.78 is 46.7. The second-order valence-corrected chi connectivity index (χ2v) is 8.11. The zero-order valence-corrected chi connectivity index (χ0v) is 19.2. The molecule has 11 heteroatoms. The van der Waals surface area contributed by atoms with Crippen LogP contribution in [-0.2, 0) is 18.0 Å². The van der Waals surface area contributed by atoms with Gasteiger partial charge in [-0.3, -0.25) is 4.79 Å². The van der Waals surface area contributed by atoms with Crippen molar-refractivity contribution >= 4 is 34.4 Å². The van der Waals surface area contributed by atoms with Crippen LogP contribution < -0.4 is 15.4 Å². The monoisotopic (exact) mass is 484 g/mol. The average molecular weight is 484 g/mol. The van der Waals surface area contributed by atoms with Gasteiger partial charge in [0.1, 0.15) is 17.3 Å². The number of aromatic nitrogens is 3. The van der Waals surface area contributed by atoms with E-state index in [0.717, 1.165) is 17.6 Å². The number of ether oxygens (including phenoxy) is 1. The van der Waals surface area contributed by atoms with Crippen LogP contribution in [0, 0.1) is 0 Å². The van der Waals surface area contributed by atoms with E-state index in [0.29, 0.717) is 28.8 Å². The highest BCUT2D eigenvalue weighted by molar-refractivity contribution is 5.91. The van der Waals surface area contributed by atoms with Gasteiger partial charge in [-0.05, 0) is 50.5 Å². The quantitative estimate of drug-likeness (QED) is 0.383. The Morgan fingerprint density at radius 1 is 1.09 bits per heavy atom. The summed E-state index contributed by atoms with van der Waals surface area (Å²) in [6.07, 6.45) is -2.91. The first kappa shape index (κ1) is 24.0. The summed E-state index contributed by atoms with van der Waals surface area (Å²) in [5, 5.41) is 5.65. The Morgan fingerprint density at radius 2 is 1.86 bits per heavy atom. The van der Waals surface area contributed by atoms with E-state index in [1.807, 2.05) is 0 Å². The molecular formula is C24H23F3N6O2. The molecule has 0 saturated heterocycles. The predicted molar refractivity (Wildman–Crippen MR) is 127 cm³/mol. The largest absolute Gasteiger partial charge is 0.457 e. The zero-order chi connectivity index (χ0) is 25.2. The normalized spacial score (nSPS) is 11.6. The molecule has 35 heavy (non-hydrogen) atoms. The molecule has 0 bridgehead atoms. The average Bonchev–Trinajstić information content (AvgIpc) is 3.07. The fraction of sp³-hybridized carbons (Fsp3) is 0.208. The Bertz CT molecular complexity index is 1370. The highest BCUT2D eigenvalue weighted by Gasteiger charge is 2.30. The summed E-state index contributed by atoms with van der Waals surface area (Å²) in [4.78, 5) is 22.3. The fourth-order valence-corrected chi connectivity index (χ4v) is 3.41. The maximum atomic E-state index is 13.0. The molecule has 0 aliphatic heterocycles. The second kappa shape index (κ2) is 9.63. The smallest absolute Gasteiger partial charge is 0.416 e. The van der Waals surface area contributed by atoms with E-state index in [9.17, 15) is 18.0 Å². The molecule has 1 amide bonds. The zero-order valence-electron chi connectivity index (χ0n) is 19.2. The Kier molecular flexibility index (Phi) is 6.61. The number of alkyl halides is 3. The Morgan fingerprint density at radius 3 is 2.60 bits per heavy atom. The number of anilines is 3. The molecule has 0 aliphatic carbocycles. The number of halogens is 3. The van der Waals surface area contributed by atoms with E-state index in [2.05, 4.69) is 20.6 Å². The molecule has 4 rings (SSSR count). The van der Waals surface area contributed by atoms with Crippen LogP contribution in [0.3, 0.4) is 0 Å². The number of aryl methyl sites for hydroxylation is 1. The van der Waals surface area contributed by atoms with E-state index in [4.69, 9.17) is 4.74 Å². The highest BCUT2D eigenvalue weighted by Crippen LogP contribution is 2.32. The van der Waals surface area contributed by atoms with Gasteiger partial charge in [0, 0.05) is 31.1 Å². The fourth-order valence-electron chi connectivity index (χ4n) is 3.41. The number of benzene rings is 2. The van der Waals surface area contributed by atoms with Crippen molar-refractivity contribution in [3.05, 3.63) is 66.4 Å². The molecule has 0 atom stereocenters. The van der Waals surface area contributed by atoms with Crippen molar-refractivity contribution in [3.63, 3.8) is 0 Å². The Labute approximate surface area is 199 Å². The third-order valence-corrected chi connectivity index (χ3v) is 4.99. The van der Waals surface area contributed by atoms with Gasteiger partial charge in [0.25, 0.3) is 0 Å². The van der Waals surface area contributed by atoms with Crippen LogP contribution in [0.2, 0.25) is 0 Å². The molecule has 0 fully saturated rings. The molecule has 8 nitrogen and oxygen atoms in total. The van der Waals surface area contributed by atoms with E-state index < -0.39 is 11.7 Å². The molecular weight excluding hydrogens is 461 g/mol. The molecule has 0 saturated carbocycles. The van der Waals surface area contributed by atoms with Crippen molar-refractivity contribution in [1.82, 2.24) is 19.4 Å². The number of carbonyl (C=O) groups excluding carboxylic acids is 1. The van der Waals surface area contributed by atoms with Crippen molar-refractivity contribution in [1.29, 1.82) is 0 Å². The number of hydrogen-bond acceptors (Lipinski definition) is 6. The Balaban J connectivity index is 1.52. The number of amides is 1. The number of likely N-dealkylation sites (N-methyl/N-ethyl adjacent to an activating group) is 1. The summed E-state index contributed by atoms with van der Waals surface area (Å²) in [5.74, 6) is 1.51. The molecule has 2 aromatic carbocycles. The van der Waals surface area contributed by atoms with Gasteiger partial charge >= 0.3 is 6.18 Å². The SMILES string of the molecule is CN(C)CC(=O)Nc1cc(Oc2ccc3c(c2)nc(Nc2cccc(C(F)(F)F)c2)n3C)ccn1. The van der Waals surface area contributed by atoms with E-state index in [-0.39, 0.29) is 18.1 Å². The summed E-state index contributed by atoms with van der Waals surface area (Å²) in [6, 6.07) is 13.5. The minimum atomic E-state index is -4.43. The first-order valence-corrected chi connectivity index (χ1v) is 10.6. The Hall–Kier alpha value is -4.12. The third kappa shape index (κ3) is 5.87. The maximum absolute atomic E-state index is 13.0. The van der Waals surface area contributed by atoms with Crippen LogP contribution in [-0.4, -0.2) is 46.0 Å². The van der Waals surface area contributed by atoms with Crippen molar-refractivity contribution < 1.29 is 22.7 Å². The number of imidazole rings is 1. The van der Waals surface area contributed by atoms with Gasteiger partial charge < -0.3 is 24.8 Å². The van der Waals surface area contributed by atoms with Gasteiger partial charge in [0.15, 0.2) is 0 Å². The molecule has 0 radical (unpaired) electrons. The van der Waals surface area contributed by atoms with Gasteiger partial charge in [-0.2, -0.15) is 13.2 Å². The number of nitrogens with zero attached hydrogens (tertiary/aromatic N) is 4. The molecule has 0 spiro atoms. The maximum Gasteiger partial charge on any atom is 0.416 e. The van der Waals surface area contributed by atoms with E-state index >= 15 is 0 Å². The molecule has 4 aromatic rings. The lowest BCUT2D eigenvalue weighted by Crippen LogP contribution is -2.27. The molecule has 2 aromatic heterocycles. The second-order valence-electron chi connectivity index (χ2n) is 8.11. The highest BCUT2D eigenvalue weighted by atomic mass is 19.4. The van der Waals surface area contributed by atoms with E-state index in [1.165, 1.54) is 12.3 Å². The summed E-state index contributed by atoms with van der Waals surface area (Å²) in [7, 11) is 5.35. The predicted octanol–water partition coefficient (Wildman–Crippen LogP) is 5.02. The number of fused-ring (bicyclic) bond motifs is 1. The topological polar surface area (TPSA) is 84.3 Å². The van der Waals surface area contributed by atoms with Gasteiger partial charge in [-0.25, -0.2) is 9.97 Å². The third-order valence-electron chi connectivity index (χ3n) is 4.99. The van der Waals surface area contributed by atoms with Gasteiger partial charge in [-0.15, -0.1) is 0 Å². The van der Waals surface area contributed by atoms with Crippen LogP contribution in [0.25, 0.3) is 11.0 Å². The van der Waals surface area contributed by atoms with Crippen LogP contribution in [0.15, 0.2) is 60.8 Å². The lowest BCUT2D eigenvalue weighted by molar-refractivity contribution is -0.137. The number of hydrogen-bond donors (Lipinski definition) is 2. The number of nitrogens with one attached hydrogen (secondary N) is 2. The summed E-state index contributed by atoms with van der Waals surface area (Å²) in [6.45, 7) is 0.222. The first-order valence-electron chi connectivity index (χ1n) is 10.6. The van der Waals surface area contributed by atoms with Crippen molar-refractivity contribution in [2.75, 3.05) is 31.3 Å². The lowest BCUT2D eigenvalue weighted by atomic mass is 10.2. The van der Waals surface area contributed by atoms with Crippen LogP contribution in [0.1, 0.15) is 5.56 Å². The first-order chi connectivity index (χ1) is 16.6. The van der Waals surface area contributed by atoms with Crippen molar-refractivity contribution in [2.24, 2.45) is 7.05 Å². The molecule has 0 aliphatic rings. The molecule has 182 valence electrons. The minimum Gasteiger partial charge on any atom is -0.457 e. The molecule has 2 heterocycles. The number of carbonyl (C=O) groups is 1. The van der Waals surface area contributed by atoms with E-state index in [1.54, 1.807) is 67.0 Å². The van der Waals surface area contributed by atoms with Crippen LogP contribution >= 0.6 is 0 Å². The standard InChI is InChI=1S/C24H23F3N6O2/c1-32(2)14-22(34)31-21-13-18(9-10-28-21)35-17-7-8-20-19(12-17)30-23(33(20)3)29-16-6-4-5-15(11-16)24(25,26)27/h4-13H,14H2,1-3H3,(H,29,30)(H,28,31,34). The van der Waals surface area contributed by atoms with Gasteiger partial charge in [0.05, 0.1) is 23.1 Å². The van der Waals surface area contributed by atoms with Crippen molar-refractivity contribution in [3.8, 4) is 11.5 Å². The van der Waals surface area contributed by atoms with Crippen LogP contribution in [0.5, 0.6) is 11.5 Å². The van der Waals surface area contributed by atoms with Gasteiger partial charge in [0.2, 0.25) is 11.9 Å². The number of pyridine rings is 1. The van der Waals surface area contributed by atoms with Gasteiger partial charge in [-0.1, -0.05) is 6.07 Å². The van der Waals surface area contributed by atoms with Crippen molar-refractivity contribution in [2.45, 2.75) is 6.18 Å². The molecule has 0 unspecified atom stereocenters. The number of rotatable bonds is 7.